The number of hydrogen-bond acceptors (Lipinski definition) is 3. The second-order valence-corrected chi connectivity index (χ2v) is 3.59. The van der Waals surface area contributed by atoms with Gasteiger partial charge in [-0.2, -0.15) is 0 Å². The topological polar surface area (TPSA) is 62.2 Å². The van der Waals surface area contributed by atoms with Gasteiger partial charge < -0.3 is 10.4 Å². The number of aromatic hydroxyl groups is 1. The summed E-state index contributed by atoms with van der Waals surface area (Å²) >= 11 is 0. The summed E-state index contributed by atoms with van der Waals surface area (Å²) in [6, 6.07) is 8.76. The standard InChI is InChI=1S/C13H12N2O2/c1-14-13(17)10-4-2-3-9(5-10)11-6-12(16)8-15-7-11/h2-8,16H,1H3,(H,14,17). The maximum atomic E-state index is 11.5. The van der Waals surface area contributed by atoms with Crippen molar-refractivity contribution in [2.45, 2.75) is 0 Å². The molecule has 2 rings (SSSR count). The van der Waals surface area contributed by atoms with Crippen LogP contribution in [0.25, 0.3) is 11.1 Å². The summed E-state index contributed by atoms with van der Waals surface area (Å²) in [4.78, 5) is 15.4. The summed E-state index contributed by atoms with van der Waals surface area (Å²) < 4.78 is 0. The first kappa shape index (κ1) is 11.1. The summed E-state index contributed by atoms with van der Waals surface area (Å²) in [7, 11) is 1.59. The molecule has 0 radical (unpaired) electrons. The highest BCUT2D eigenvalue weighted by Gasteiger charge is 2.05. The smallest absolute Gasteiger partial charge is 0.251 e. The average molecular weight is 228 g/mol. The molecular formula is C13H12N2O2. The normalized spacial score (nSPS) is 9.94. The number of hydrogen-bond donors (Lipinski definition) is 2. The maximum Gasteiger partial charge on any atom is 0.251 e. The Morgan fingerprint density at radius 3 is 2.76 bits per heavy atom. The molecule has 1 aromatic carbocycles. The fraction of sp³-hybridized carbons (Fsp3) is 0.0769. The first-order chi connectivity index (χ1) is 8.20. The van der Waals surface area contributed by atoms with E-state index in [1.807, 2.05) is 6.07 Å². The Labute approximate surface area is 98.9 Å². The lowest BCUT2D eigenvalue weighted by molar-refractivity contribution is 0.0963. The highest BCUT2D eigenvalue weighted by molar-refractivity contribution is 5.95. The third-order valence-corrected chi connectivity index (χ3v) is 2.41. The minimum atomic E-state index is -0.139. The lowest BCUT2D eigenvalue weighted by Gasteiger charge is -2.04. The Morgan fingerprint density at radius 2 is 2.06 bits per heavy atom. The van der Waals surface area contributed by atoms with Crippen LogP contribution in [0.4, 0.5) is 0 Å². The minimum Gasteiger partial charge on any atom is -0.506 e. The first-order valence-electron chi connectivity index (χ1n) is 5.17. The summed E-state index contributed by atoms with van der Waals surface area (Å²) in [5.74, 6) is -0.0344. The monoisotopic (exact) mass is 228 g/mol. The number of aromatic nitrogens is 1. The van der Waals surface area contributed by atoms with Crippen molar-refractivity contribution in [3.63, 3.8) is 0 Å². The van der Waals surface area contributed by atoms with Gasteiger partial charge in [-0.1, -0.05) is 12.1 Å². The van der Waals surface area contributed by atoms with Crippen LogP contribution in [0.15, 0.2) is 42.7 Å². The first-order valence-corrected chi connectivity index (χ1v) is 5.17. The van der Waals surface area contributed by atoms with E-state index in [1.54, 1.807) is 37.5 Å². The van der Waals surface area contributed by atoms with E-state index in [-0.39, 0.29) is 11.7 Å². The van der Waals surface area contributed by atoms with Crippen molar-refractivity contribution >= 4 is 5.91 Å². The molecule has 4 heteroatoms. The molecule has 0 aliphatic carbocycles. The highest BCUT2D eigenvalue weighted by Crippen LogP contribution is 2.22. The fourth-order valence-electron chi connectivity index (χ4n) is 1.57. The summed E-state index contributed by atoms with van der Waals surface area (Å²) in [5, 5.41) is 11.9. The lowest BCUT2D eigenvalue weighted by atomic mass is 10.0. The SMILES string of the molecule is CNC(=O)c1cccc(-c2cncc(O)c2)c1. The van der Waals surface area contributed by atoms with Gasteiger partial charge in [0, 0.05) is 24.4 Å². The van der Waals surface area contributed by atoms with Crippen LogP contribution in [-0.2, 0) is 0 Å². The van der Waals surface area contributed by atoms with E-state index in [1.165, 1.54) is 6.20 Å². The number of nitrogens with one attached hydrogen (secondary N) is 1. The fourth-order valence-corrected chi connectivity index (χ4v) is 1.57. The third kappa shape index (κ3) is 2.42. The zero-order valence-corrected chi connectivity index (χ0v) is 9.34. The van der Waals surface area contributed by atoms with E-state index in [9.17, 15) is 9.90 Å². The van der Waals surface area contributed by atoms with Gasteiger partial charge in [-0.15, -0.1) is 0 Å². The molecule has 0 fully saturated rings. The molecule has 1 amide bonds. The van der Waals surface area contributed by atoms with Crippen molar-refractivity contribution in [3.05, 3.63) is 48.3 Å². The van der Waals surface area contributed by atoms with E-state index in [0.717, 1.165) is 11.1 Å². The number of rotatable bonds is 2. The van der Waals surface area contributed by atoms with Crippen molar-refractivity contribution in [1.82, 2.24) is 10.3 Å². The number of pyridine rings is 1. The molecule has 17 heavy (non-hydrogen) atoms. The van der Waals surface area contributed by atoms with Crippen molar-refractivity contribution in [3.8, 4) is 16.9 Å². The second kappa shape index (κ2) is 4.65. The molecule has 1 heterocycles. The van der Waals surface area contributed by atoms with Gasteiger partial charge in [0.1, 0.15) is 5.75 Å². The molecule has 0 aliphatic heterocycles. The van der Waals surface area contributed by atoms with Crippen LogP contribution in [-0.4, -0.2) is 23.0 Å². The number of benzene rings is 1. The minimum absolute atomic E-state index is 0.104. The van der Waals surface area contributed by atoms with Crippen molar-refractivity contribution in [1.29, 1.82) is 0 Å². The molecule has 1 aromatic heterocycles. The lowest BCUT2D eigenvalue weighted by Crippen LogP contribution is -2.17. The molecule has 2 N–H and O–H groups in total. The second-order valence-electron chi connectivity index (χ2n) is 3.59. The van der Waals surface area contributed by atoms with Gasteiger partial charge in [0.05, 0.1) is 6.20 Å². The summed E-state index contributed by atoms with van der Waals surface area (Å²) in [6.07, 6.45) is 3.01. The highest BCUT2D eigenvalue weighted by atomic mass is 16.3. The Bertz CT molecular complexity index is 553. The van der Waals surface area contributed by atoms with Crippen LogP contribution in [0.1, 0.15) is 10.4 Å². The van der Waals surface area contributed by atoms with Crippen molar-refractivity contribution < 1.29 is 9.90 Å². The molecule has 0 saturated carbocycles. The van der Waals surface area contributed by atoms with E-state index in [4.69, 9.17) is 0 Å². The molecule has 0 bridgehead atoms. The predicted octanol–water partition coefficient (Wildman–Crippen LogP) is 1.81. The predicted molar refractivity (Wildman–Crippen MR) is 64.7 cm³/mol. The van der Waals surface area contributed by atoms with Crippen LogP contribution in [0.3, 0.4) is 0 Å². The van der Waals surface area contributed by atoms with Crippen LogP contribution in [0.2, 0.25) is 0 Å². The largest absolute Gasteiger partial charge is 0.506 e. The maximum absolute atomic E-state index is 11.5. The molecule has 0 atom stereocenters. The number of nitrogens with zero attached hydrogens (tertiary/aromatic N) is 1. The number of carbonyl (C=O) groups excluding carboxylic acids is 1. The van der Waals surface area contributed by atoms with Gasteiger partial charge in [0.15, 0.2) is 0 Å². The van der Waals surface area contributed by atoms with Crippen LogP contribution in [0, 0.1) is 0 Å². The molecular weight excluding hydrogens is 216 g/mol. The van der Waals surface area contributed by atoms with Gasteiger partial charge >= 0.3 is 0 Å². The van der Waals surface area contributed by atoms with Crippen molar-refractivity contribution in [2.24, 2.45) is 0 Å². The Balaban J connectivity index is 2.43. The van der Waals surface area contributed by atoms with Gasteiger partial charge in [-0.25, -0.2) is 0 Å². The molecule has 2 aromatic rings. The summed E-state index contributed by atoms with van der Waals surface area (Å²) in [6.45, 7) is 0. The molecule has 0 aliphatic rings. The zero-order valence-electron chi connectivity index (χ0n) is 9.34. The Morgan fingerprint density at radius 1 is 1.24 bits per heavy atom. The molecule has 0 unspecified atom stereocenters. The van der Waals surface area contributed by atoms with Crippen LogP contribution < -0.4 is 5.32 Å². The Kier molecular flexibility index (Phi) is 3.05. The van der Waals surface area contributed by atoms with Gasteiger partial charge in [0.25, 0.3) is 5.91 Å². The average Bonchev–Trinajstić information content (AvgIpc) is 2.38. The van der Waals surface area contributed by atoms with E-state index in [0.29, 0.717) is 5.56 Å². The molecule has 0 spiro atoms. The summed E-state index contributed by atoms with van der Waals surface area (Å²) in [5.41, 5.74) is 2.19. The molecule has 4 nitrogen and oxygen atoms in total. The number of amides is 1. The quantitative estimate of drug-likeness (QED) is 0.824. The van der Waals surface area contributed by atoms with E-state index < -0.39 is 0 Å². The van der Waals surface area contributed by atoms with Crippen molar-refractivity contribution in [2.75, 3.05) is 7.05 Å². The van der Waals surface area contributed by atoms with Gasteiger partial charge in [0.2, 0.25) is 0 Å². The van der Waals surface area contributed by atoms with E-state index >= 15 is 0 Å². The molecule has 86 valence electrons. The Hall–Kier alpha value is -2.36. The van der Waals surface area contributed by atoms with Gasteiger partial charge in [-0.05, 0) is 23.8 Å². The zero-order chi connectivity index (χ0) is 12.3. The van der Waals surface area contributed by atoms with Crippen LogP contribution >= 0.6 is 0 Å². The van der Waals surface area contributed by atoms with Crippen LogP contribution in [0.5, 0.6) is 5.75 Å². The molecule has 0 saturated heterocycles. The third-order valence-electron chi connectivity index (χ3n) is 2.41. The number of carbonyl (C=O) groups is 1. The van der Waals surface area contributed by atoms with E-state index in [2.05, 4.69) is 10.3 Å². The van der Waals surface area contributed by atoms with Gasteiger partial charge in [-0.3, -0.25) is 9.78 Å².